The molecular formula is C16H17N3O. The number of aromatic nitrogens is 2. The van der Waals surface area contributed by atoms with Crippen LogP contribution in [-0.4, -0.2) is 10.2 Å². The predicted octanol–water partition coefficient (Wildman–Crippen LogP) is 3.86. The lowest BCUT2D eigenvalue weighted by atomic mass is 10.1. The number of hydrogen-bond donors (Lipinski definition) is 2. The van der Waals surface area contributed by atoms with E-state index < -0.39 is 0 Å². The minimum absolute atomic E-state index is 0.758. The Morgan fingerprint density at radius 2 is 1.75 bits per heavy atom. The number of nitrogens with one attached hydrogen (secondary N) is 1. The normalized spacial score (nSPS) is 10.9. The van der Waals surface area contributed by atoms with E-state index in [0.717, 1.165) is 44.9 Å². The molecule has 0 aliphatic heterocycles. The van der Waals surface area contributed by atoms with Gasteiger partial charge in [0.25, 0.3) is 0 Å². The van der Waals surface area contributed by atoms with Crippen LogP contribution in [0.15, 0.2) is 30.3 Å². The molecule has 2 aromatic carbocycles. The Hall–Kier alpha value is -2.49. The number of rotatable bonds is 2. The summed E-state index contributed by atoms with van der Waals surface area (Å²) < 4.78 is 6.03. The second-order valence-electron chi connectivity index (χ2n) is 5.11. The van der Waals surface area contributed by atoms with Crippen LogP contribution < -0.4 is 10.5 Å². The van der Waals surface area contributed by atoms with Crippen LogP contribution in [0, 0.1) is 20.8 Å². The number of fused-ring (bicyclic) bond motifs is 1. The van der Waals surface area contributed by atoms with Crippen molar-refractivity contribution in [3.63, 3.8) is 0 Å². The lowest BCUT2D eigenvalue weighted by molar-refractivity contribution is 0.476. The Morgan fingerprint density at radius 3 is 2.45 bits per heavy atom. The standard InChI is InChI=1S/C16H17N3O/c1-9-6-12(17)7-10(2)16(9)20-13-4-5-15-14(8-13)11(3)18-19-15/h4-8H,17H2,1-3H3,(H,18,19). The fourth-order valence-corrected chi connectivity index (χ4v) is 2.44. The summed E-state index contributed by atoms with van der Waals surface area (Å²) in [5.74, 6) is 1.66. The summed E-state index contributed by atoms with van der Waals surface area (Å²) in [5.41, 5.74) is 10.6. The molecule has 102 valence electrons. The summed E-state index contributed by atoms with van der Waals surface area (Å²) >= 11 is 0. The van der Waals surface area contributed by atoms with Gasteiger partial charge < -0.3 is 10.5 Å². The average molecular weight is 267 g/mol. The molecule has 0 unspecified atom stereocenters. The Bertz CT molecular complexity index is 767. The van der Waals surface area contributed by atoms with Gasteiger partial charge in [-0.2, -0.15) is 5.10 Å². The van der Waals surface area contributed by atoms with Gasteiger partial charge >= 0.3 is 0 Å². The molecule has 1 heterocycles. The van der Waals surface area contributed by atoms with E-state index in [0.29, 0.717) is 0 Å². The zero-order chi connectivity index (χ0) is 14.3. The van der Waals surface area contributed by atoms with E-state index in [-0.39, 0.29) is 0 Å². The SMILES string of the molecule is Cc1cc(N)cc(C)c1Oc1ccc2n[nH]c(C)c2c1. The van der Waals surface area contributed by atoms with Gasteiger partial charge in [-0.1, -0.05) is 0 Å². The van der Waals surface area contributed by atoms with Crippen LogP contribution in [0.3, 0.4) is 0 Å². The number of aromatic amines is 1. The van der Waals surface area contributed by atoms with Gasteiger partial charge in [0, 0.05) is 16.8 Å². The number of benzene rings is 2. The number of aryl methyl sites for hydroxylation is 3. The van der Waals surface area contributed by atoms with Gasteiger partial charge in [0.05, 0.1) is 5.52 Å². The number of hydrogen-bond acceptors (Lipinski definition) is 3. The molecule has 0 atom stereocenters. The van der Waals surface area contributed by atoms with Crippen molar-refractivity contribution in [2.24, 2.45) is 0 Å². The van der Waals surface area contributed by atoms with Crippen molar-refractivity contribution in [1.29, 1.82) is 0 Å². The molecule has 0 aliphatic carbocycles. The summed E-state index contributed by atoms with van der Waals surface area (Å²) in [5, 5.41) is 8.27. The van der Waals surface area contributed by atoms with E-state index in [4.69, 9.17) is 10.5 Å². The highest BCUT2D eigenvalue weighted by atomic mass is 16.5. The summed E-state index contributed by atoms with van der Waals surface area (Å²) in [6.45, 7) is 6.00. The maximum Gasteiger partial charge on any atom is 0.133 e. The van der Waals surface area contributed by atoms with Crippen LogP contribution in [0.1, 0.15) is 16.8 Å². The molecular weight excluding hydrogens is 250 g/mol. The second-order valence-corrected chi connectivity index (χ2v) is 5.11. The molecule has 4 nitrogen and oxygen atoms in total. The van der Waals surface area contributed by atoms with Gasteiger partial charge in [-0.05, 0) is 62.2 Å². The Kier molecular flexibility index (Phi) is 2.86. The summed E-state index contributed by atoms with van der Waals surface area (Å²) in [4.78, 5) is 0. The van der Waals surface area contributed by atoms with Crippen molar-refractivity contribution in [3.05, 3.63) is 47.2 Å². The molecule has 3 N–H and O–H groups in total. The van der Waals surface area contributed by atoms with Gasteiger partial charge in [-0.15, -0.1) is 0 Å². The molecule has 0 amide bonds. The first-order valence-electron chi connectivity index (χ1n) is 6.54. The van der Waals surface area contributed by atoms with Gasteiger partial charge in [-0.3, -0.25) is 5.10 Å². The molecule has 20 heavy (non-hydrogen) atoms. The minimum atomic E-state index is 0.758. The van der Waals surface area contributed by atoms with E-state index in [9.17, 15) is 0 Å². The highest BCUT2D eigenvalue weighted by molar-refractivity contribution is 5.82. The highest BCUT2D eigenvalue weighted by Crippen LogP contribution is 2.32. The van der Waals surface area contributed by atoms with Crippen LogP contribution in [0.5, 0.6) is 11.5 Å². The van der Waals surface area contributed by atoms with Crippen molar-refractivity contribution in [2.45, 2.75) is 20.8 Å². The number of H-pyrrole nitrogens is 1. The van der Waals surface area contributed by atoms with Crippen molar-refractivity contribution in [1.82, 2.24) is 10.2 Å². The molecule has 0 fully saturated rings. The summed E-state index contributed by atoms with van der Waals surface area (Å²) in [7, 11) is 0. The van der Waals surface area contributed by atoms with Crippen molar-refractivity contribution in [3.8, 4) is 11.5 Å². The lowest BCUT2D eigenvalue weighted by Crippen LogP contribution is -1.94. The number of nitrogen functional groups attached to an aromatic ring is 1. The van der Waals surface area contributed by atoms with E-state index in [1.807, 2.05) is 51.1 Å². The number of anilines is 1. The molecule has 0 spiro atoms. The minimum Gasteiger partial charge on any atom is -0.457 e. The zero-order valence-corrected chi connectivity index (χ0v) is 11.8. The first-order chi connectivity index (χ1) is 9.54. The van der Waals surface area contributed by atoms with E-state index in [1.54, 1.807) is 0 Å². The molecule has 0 radical (unpaired) electrons. The quantitative estimate of drug-likeness (QED) is 0.693. The zero-order valence-electron chi connectivity index (χ0n) is 11.8. The largest absolute Gasteiger partial charge is 0.457 e. The third kappa shape index (κ3) is 2.09. The third-order valence-electron chi connectivity index (χ3n) is 3.42. The smallest absolute Gasteiger partial charge is 0.133 e. The topological polar surface area (TPSA) is 63.9 Å². The number of ether oxygens (including phenoxy) is 1. The van der Waals surface area contributed by atoms with Crippen LogP contribution in [-0.2, 0) is 0 Å². The van der Waals surface area contributed by atoms with Crippen LogP contribution >= 0.6 is 0 Å². The third-order valence-corrected chi connectivity index (χ3v) is 3.42. The van der Waals surface area contributed by atoms with E-state index in [2.05, 4.69) is 10.2 Å². The molecule has 1 aromatic heterocycles. The van der Waals surface area contributed by atoms with Gasteiger partial charge in [-0.25, -0.2) is 0 Å². The average Bonchev–Trinajstić information content (AvgIpc) is 2.75. The molecule has 0 bridgehead atoms. The Balaban J connectivity index is 2.03. The van der Waals surface area contributed by atoms with Gasteiger partial charge in [0.15, 0.2) is 0 Å². The molecule has 4 heteroatoms. The fraction of sp³-hybridized carbons (Fsp3) is 0.188. The van der Waals surface area contributed by atoms with Gasteiger partial charge in [0.1, 0.15) is 11.5 Å². The molecule has 3 rings (SSSR count). The summed E-state index contributed by atoms with van der Waals surface area (Å²) in [6.07, 6.45) is 0. The summed E-state index contributed by atoms with van der Waals surface area (Å²) in [6, 6.07) is 9.73. The molecule has 0 saturated heterocycles. The first kappa shape index (κ1) is 12.5. The van der Waals surface area contributed by atoms with E-state index in [1.165, 1.54) is 0 Å². The highest BCUT2D eigenvalue weighted by Gasteiger charge is 2.08. The maximum absolute atomic E-state index is 6.03. The molecule has 0 aliphatic rings. The van der Waals surface area contributed by atoms with Crippen molar-refractivity contribution in [2.75, 3.05) is 5.73 Å². The van der Waals surface area contributed by atoms with Crippen molar-refractivity contribution < 1.29 is 4.74 Å². The maximum atomic E-state index is 6.03. The second kappa shape index (κ2) is 4.56. The number of nitrogens with two attached hydrogens (primary N) is 1. The lowest BCUT2D eigenvalue weighted by Gasteiger charge is -2.12. The van der Waals surface area contributed by atoms with Crippen LogP contribution in [0.2, 0.25) is 0 Å². The Morgan fingerprint density at radius 1 is 1.05 bits per heavy atom. The number of nitrogens with zero attached hydrogens (tertiary/aromatic N) is 1. The van der Waals surface area contributed by atoms with Gasteiger partial charge in [0.2, 0.25) is 0 Å². The monoisotopic (exact) mass is 267 g/mol. The predicted molar refractivity (Wildman–Crippen MR) is 81.2 cm³/mol. The fourth-order valence-electron chi connectivity index (χ4n) is 2.44. The molecule has 3 aromatic rings. The van der Waals surface area contributed by atoms with E-state index >= 15 is 0 Å². The first-order valence-corrected chi connectivity index (χ1v) is 6.54. The van der Waals surface area contributed by atoms with Crippen LogP contribution in [0.25, 0.3) is 10.9 Å². The van der Waals surface area contributed by atoms with Crippen LogP contribution in [0.4, 0.5) is 5.69 Å². The van der Waals surface area contributed by atoms with Crippen molar-refractivity contribution >= 4 is 16.6 Å². The Labute approximate surface area is 117 Å². The molecule has 0 saturated carbocycles.